The molecule has 0 radical (unpaired) electrons. The third kappa shape index (κ3) is 54.3. The van der Waals surface area contributed by atoms with Crippen LogP contribution in [-0.4, -0.2) is 385 Å². The largest absolute Gasteiger partial charge is 0.481 e. The summed E-state index contributed by atoms with van der Waals surface area (Å²) < 4.78 is 0. The normalized spacial score (nSPS) is 15.3. The van der Waals surface area contributed by atoms with Gasteiger partial charge in [0.05, 0.1) is 57.8 Å². The number of nitrogens with two attached hydrogens (primary N) is 6. The maximum Gasteiger partial charge on any atom is 0.328 e. The molecule has 0 aromatic carbocycles. The molecular weight excluding hydrogens is 2050 g/mol. The molecule has 0 rings (SSSR count). The number of hydrogen-bond acceptors (Lipinski definition) is 36. The summed E-state index contributed by atoms with van der Waals surface area (Å²) in [5.41, 5.74) is 33.9. The fourth-order valence-corrected chi connectivity index (χ4v) is 14.7. The number of carbonyl (C=O) groups is 25. The summed E-state index contributed by atoms with van der Waals surface area (Å²) in [6, 6.07) is -33.4. The number of primary amides is 2. The zero-order chi connectivity index (χ0) is 115. The molecule has 0 aliphatic carbocycles. The van der Waals surface area contributed by atoms with Gasteiger partial charge in [0.2, 0.25) is 124 Å². The molecule has 0 spiro atoms. The Morgan fingerprint density at radius 3 is 1.04 bits per heavy atom. The van der Waals surface area contributed by atoms with Gasteiger partial charge in [0.15, 0.2) is 5.96 Å². The predicted molar refractivity (Wildman–Crippen MR) is 540 cm³/mol. The molecule has 0 aliphatic rings. The summed E-state index contributed by atoms with van der Waals surface area (Å²) in [6.45, 7) is 7.77. The van der Waals surface area contributed by atoms with E-state index >= 15 is 0 Å². The number of carboxylic acids is 4. The van der Waals surface area contributed by atoms with Gasteiger partial charge in [-0.15, -0.1) is 0 Å². The fraction of sp³-hybridized carbons (Fsp3) is 0.701. The second kappa shape index (κ2) is 73.0. The Morgan fingerprint density at radius 2 is 0.667 bits per heavy atom. The van der Waals surface area contributed by atoms with E-state index in [-0.39, 0.29) is 108 Å². The molecule has 0 fully saturated rings. The number of nitrogens with one attached hydrogen (secondary N) is 21. The zero-order valence-electron chi connectivity index (χ0n) is 84.8. The number of aliphatic carboxylic acids is 4. The second-order valence-corrected chi connectivity index (χ2v) is 37.5. The molecule has 0 saturated heterocycles. The molecule has 0 aromatic rings. The topological polar surface area (TPSA) is 1010 Å². The van der Waals surface area contributed by atoms with E-state index in [0.29, 0.717) is 0 Å². The molecule has 0 unspecified atom stereocenters. The van der Waals surface area contributed by atoms with Crippen LogP contribution in [0.4, 0.5) is 0 Å². The van der Waals surface area contributed by atoms with Gasteiger partial charge in [-0.3, -0.25) is 120 Å². The lowest BCUT2D eigenvalue weighted by Crippen LogP contribution is -2.62. The average Bonchev–Trinajstić information content (AvgIpc) is 0.861. The van der Waals surface area contributed by atoms with Crippen molar-refractivity contribution in [1.29, 1.82) is 5.41 Å². The van der Waals surface area contributed by atoms with E-state index in [1.165, 1.54) is 6.92 Å². The Hall–Kier alpha value is -13.2. The second-order valence-electron chi connectivity index (χ2n) is 35.8. The van der Waals surface area contributed by atoms with Crippen LogP contribution in [0, 0.1) is 23.2 Å². The van der Waals surface area contributed by atoms with Gasteiger partial charge < -0.3 is 182 Å². The average molecular weight is 2200 g/mol. The van der Waals surface area contributed by atoms with Crippen LogP contribution >= 0.6 is 37.0 Å². The predicted octanol–water partition coefficient (Wildman–Crippen LogP) is -14.2. The van der Waals surface area contributed by atoms with Crippen molar-refractivity contribution in [2.24, 2.45) is 52.2 Å². The van der Waals surface area contributed by atoms with Crippen molar-refractivity contribution in [2.75, 3.05) is 69.5 Å². The molecule has 41 N–H and O–H groups in total. The number of carbonyl (C=O) groups excluding carboxylic acids is 21. The van der Waals surface area contributed by atoms with Crippen molar-refractivity contribution in [2.45, 2.75) is 298 Å². The zero-order valence-corrected chi connectivity index (χ0v) is 87.4. The van der Waals surface area contributed by atoms with E-state index in [4.69, 9.17) is 39.8 Å². The van der Waals surface area contributed by atoms with Gasteiger partial charge in [0, 0.05) is 30.9 Å². The van der Waals surface area contributed by atoms with Crippen LogP contribution in [0.1, 0.15) is 177 Å². The molecule has 0 aromatic heterocycles. The van der Waals surface area contributed by atoms with Crippen LogP contribution in [0.15, 0.2) is 0 Å². The Kier molecular flexibility index (Phi) is 66.6. The molecule has 0 bridgehead atoms. The molecule has 60 nitrogen and oxygen atoms in total. The SMILES string of the molecule is CC[C@H](C)[C@H](NC(=O)CNC(=O)[C@H](CC(=O)O)NC(=O)[C@@H](N)CC(C)C)C(=O)N[C@@H](CO)C(=O)N[C@@H](C)C(=O)N[C@@H](CC(C)C)C(=O)N[C@@H](CCCNC(=N)N)C(=O)N[C@@H](CCCCN)C(=O)N[C@@H](CCC(=O)O)C(=O)N[C@H](C(=O)N[C@@H](CS)C(=O)N[C@@H](CC(N)=O)C(=O)N[C@@H](CCCCN)C(=O)N[C@@H](CO)C(=O)N[C@@H](CC(N)=O)C(=O)N[C@@H](CCSC)C(=O)N[C@@H](CS)C(=O)N[C@@H](CCC(=O)O)C(=O)N[C@@H](CO)C(=O)O)[C@@H](C)O. The van der Waals surface area contributed by atoms with E-state index in [2.05, 4.69) is 126 Å². The van der Waals surface area contributed by atoms with Crippen molar-refractivity contribution in [3.8, 4) is 0 Å². The van der Waals surface area contributed by atoms with Crippen LogP contribution < -0.4 is 141 Å². The number of carboxylic acid groups (broad SMARTS) is 4. The molecule has 21 atom stereocenters. The first-order valence-corrected chi connectivity index (χ1v) is 50.6. The summed E-state index contributed by atoms with van der Waals surface area (Å²) in [5.74, 6) is -33.9. The Labute approximate surface area is 879 Å². The van der Waals surface area contributed by atoms with Gasteiger partial charge in [-0.05, 0) is 140 Å². The van der Waals surface area contributed by atoms with Crippen molar-refractivity contribution in [3.05, 3.63) is 0 Å². The van der Waals surface area contributed by atoms with E-state index in [1.54, 1.807) is 40.9 Å². The maximum atomic E-state index is 14.7. The summed E-state index contributed by atoms with van der Waals surface area (Å²) in [4.78, 5) is 336. The summed E-state index contributed by atoms with van der Waals surface area (Å²) in [5, 5.41) is 133. The van der Waals surface area contributed by atoms with Gasteiger partial charge in [-0.25, -0.2) is 4.79 Å². The van der Waals surface area contributed by atoms with Crippen molar-refractivity contribution in [1.82, 2.24) is 106 Å². The highest BCUT2D eigenvalue weighted by atomic mass is 32.2. The third-order valence-electron chi connectivity index (χ3n) is 22.2. The van der Waals surface area contributed by atoms with Crippen LogP contribution in [0.2, 0.25) is 0 Å². The monoisotopic (exact) mass is 2200 g/mol. The number of unbranched alkanes of at least 4 members (excludes halogenated alkanes) is 2. The van der Waals surface area contributed by atoms with Gasteiger partial charge in [-0.2, -0.15) is 37.0 Å². The number of thiol groups is 2. The third-order valence-corrected chi connectivity index (χ3v) is 23.6. The number of aliphatic hydroxyl groups is 4. The lowest BCUT2D eigenvalue weighted by molar-refractivity contribution is -0.144. The summed E-state index contributed by atoms with van der Waals surface area (Å²) in [7, 11) is 0. The molecule has 0 heterocycles. The minimum absolute atomic E-state index is 0.00186. The number of thioether (sulfide) groups is 1. The fourth-order valence-electron chi connectivity index (χ4n) is 13.7. The molecule has 850 valence electrons. The summed E-state index contributed by atoms with van der Waals surface area (Å²) in [6.07, 6.45) is -6.87. The highest BCUT2D eigenvalue weighted by Gasteiger charge is 2.42. The number of hydrogen-bond donors (Lipinski definition) is 37. The smallest absolute Gasteiger partial charge is 0.328 e. The number of rotatable bonds is 78. The van der Waals surface area contributed by atoms with Gasteiger partial charge in [0.1, 0.15) is 109 Å². The lowest BCUT2D eigenvalue weighted by Gasteiger charge is -2.29. The van der Waals surface area contributed by atoms with Crippen molar-refractivity contribution >= 4 is 191 Å². The van der Waals surface area contributed by atoms with Gasteiger partial charge in [0.25, 0.3) is 0 Å². The summed E-state index contributed by atoms with van der Waals surface area (Å²) >= 11 is 9.38. The van der Waals surface area contributed by atoms with Gasteiger partial charge >= 0.3 is 23.9 Å². The highest BCUT2D eigenvalue weighted by molar-refractivity contribution is 7.98. The standard InChI is InChI=1S/C87H151N27O33S3/c1-10-41(6)66(113-62(121)33-96-70(130)54(32-65(126)127)105-69(129)44(90)28-39(2)3)84(144)109-55(34-115)80(140)97-42(7)68(128)104-51(29-40(4)5)77(137)100-47(18-15-26-95-87(93)94)72(132)98-45(16-11-13-24-88)71(131)101-49(20-22-64(124)125)76(136)114-67(43(8)118)85(145)112-59(38-149)83(143)107-53(31-61(92)120)78(138)99-46(17-12-14-25-89)73(133)108-56(35-116)81(141)106-52(30-60(91)119)79(139)103-50(23-27-150-9)75(135)111-58(37-148)82(142)102-48(19-21-63(122)123)74(134)110-57(36-117)86(146)147/h39-59,66-67,115-118,148-149H,10-38,88-90H2,1-9H3,(H2,91,119)(H2,92,120)(H,96,130)(H,97,140)(H,98,132)(H,99,138)(H,100,137)(H,101,131)(H,102,142)(H,103,139)(H,104,128)(H,105,129)(H,106,141)(H,107,143)(H,108,133)(H,109,144)(H,110,134)(H,111,135)(H,112,145)(H,113,121)(H,114,136)(H,122,123)(H,124,125)(H,126,127)(H,146,147)(H4,93,94,95)/t41-,42-,43+,44-,45-,46-,47-,48-,49-,50-,51-,52-,53-,54-,55-,56-,57-,58-,59-,66-,67-/m0/s1. The first-order valence-electron chi connectivity index (χ1n) is 48.0. The Bertz CT molecular complexity index is 4570. The van der Waals surface area contributed by atoms with E-state index in [9.17, 15) is 161 Å². The first kappa shape index (κ1) is 137. The van der Waals surface area contributed by atoms with E-state index in [1.807, 2.05) is 5.32 Å². The first-order chi connectivity index (χ1) is 70.3. The van der Waals surface area contributed by atoms with E-state index in [0.717, 1.165) is 25.6 Å². The van der Waals surface area contributed by atoms with Crippen LogP contribution in [0.25, 0.3) is 0 Å². The lowest BCUT2D eigenvalue weighted by atomic mass is 9.98. The Balaban J connectivity index is 7.14. The number of aliphatic hydroxyl groups excluding tert-OH is 4. The van der Waals surface area contributed by atoms with E-state index < -0.39 is 369 Å². The van der Waals surface area contributed by atoms with Crippen molar-refractivity contribution in [3.63, 3.8) is 0 Å². The Morgan fingerprint density at radius 1 is 0.340 bits per heavy atom. The molecule has 63 heteroatoms. The maximum absolute atomic E-state index is 14.7. The molecule has 0 saturated carbocycles. The minimum Gasteiger partial charge on any atom is -0.481 e. The van der Waals surface area contributed by atoms with Crippen LogP contribution in [0.3, 0.4) is 0 Å². The van der Waals surface area contributed by atoms with Crippen LogP contribution in [0.5, 0.6) is 0 Å². The van der Waals surface area contributed by atoms with Crippen LogP contribution in [-0.2, 0) is 120 Å². The highest BCUT2D eigenvalue weighted by Crippen LogP contribution is 2.16. The molecule has 150 heavy (non-hydrogen) atoms. The quantitative estimate of drug-likeness (QED) is 0.0116. The molecule has 0 aliphatic heterocycles. The minimum atomic E-state index is -2.14. The number of amides is 21. The molecule has 21 amide bonds. The molecular formula is C87H151N27O33S3. The number of guanidine groups is 1. The van der Waals surface area contributed by atoms with Crippen molar-refractivity contribution < 1.29 is 161 Å². The van der Waals surface area contributed by atoms with Gasteiger partial charge in [-0.1, -0.05) is 48.0 Å².